The summed E-state index contributed by atoms with van der Waals surface area (Å²) in [6.45, 7) is 0.764. The first-order valence-electron chi connectivity index (χ1n) is 6.99. The molecular formula is C19H17NO. The van der Waals surface area contributed by atoms with Gasteiger partial charge in [0.25, 0.3) is 0 Å². The second-order valence-corrected chi connectivity index (χ2v) is 4.94. The molecule has 104 valence electrons. The van der Waals surface area contributed by atoms with E-state index in [2.05, 4.69) is 17.4 Å². The minimum Gasteiger partial charge on any atom is -0.507 e. The predicted molar refractivity (Wildman–Crippen MR) is 87.3 cm³/mol. The minimum absolute atomic E-state index is 0.298. The Morgan fingerprint density at radius 1 is 0.762 bits per heavy atom. The van der Waals surface area contributed by atoms with E-state index in [1.165, 1.54) is 5.56 Å². The fraction of sp³-hybridized carbons (Fsp3) is 0.0526. The molecule has 0 aliphatic rings. The highest BCUT2D eigenvalue weighted by molar-refractivity contribution is 5.74. The molecule has 0 aliphatic carbocycles. The Labute approximate surface area is 124 Å². The van der Waals surface area contributed by atoms with Crippen LogP contribution in [-0.2, 0) is 6.54 Å². The number of anilines is 1. The zero-order valence-corrected chi connectivity index (χ0v) is 11.7. The van der Waals surface area contributed by atoms with Gasteiger partial charge in [-0.3, -0.25) is 0 Å². The van der Waals surface area contributed by atoms with Crippen LogP contribution >= 0.6 is 0 Å². The molecule has 0 fully saturated rings. The monoisotopic (exact) mass is 275 g/mol. The number of phenolic OH excluding ortho intramolecular Hbond substituents is 1. The van der Waals surface area contributed by atoms with Crippen LogP contribution in [0.1, 0.15) is 5.56 Å². The zero-order chi connectivity index (χ0) is 14.5. The maximum Gasteiger partial charge on any atom is 0.123 e. The third-order valence-corrected chi connectivity index (χ3v) is 3.42. The Balaban J connectivity index is 1.81. The van der Waals surface area contributed by atoms with Gasteiger partial charge in [0, 0.05) is 17.8 Å². The highest BCUT2D eigenvalue weighted by Crippen LogP contribution is 2.31. The summed E-state index contributed by atoms with van der Waals surface area (Å²) in [4.78, 5) is 0. The number of nitrogens with one attached hydrogen (secondary N) is 1. The Bertz CT molecular complexity index is 708. The van der Waals surface area contributed by atoms with Gasteiger partial charge in [-0.05, 0) is 29.3 Å². The summed E-state index contributed by atoms with van der Waals surface area (Å²) in [5.41, 5.74) is 4.08. The van der Waals surface area contributed by atoms with Crippen LogP contribution in [0.2, 0.25) is 0 Å². The largest absolute Gasteiger partial charge is 0.507 e. The molecule has 0 saturated heterocycles. The standard InChI is InChI=1S/C19H17NO/c21-19-12-11-17(20-14-15-7-3-1-4-8-15)13-18(19)16-9-5-2-6-10-16/h1-13,20-21H,14H2. The molecule has 0 spiro atoms. The molecule has 3 aromatic carbocycles. The van der Waals surface area contributed by atoms with Crippen molar-refractivity contribution in [3.8, 4) is 16.9 Å². The lowest BCUT2D eigenvalue weighted by molar-refractivity contribution is 0.477. The topological polar surface area (TPSA) is 32.3 Å². The maximum atomic E-state index is 10.0. The second kappa shape index (κ2) is 6.14. The number of hydrogen-bond acceptors (Lipinski definition) is 2. The Hall–Kier alpha value is -2.74. The summed E-state index contributed by atoms with van der Waals surface area (Å²) in [7, 11) is 0. The van der Waals surface area contributed by atoms with Crippen LogP contribution in [0.5, 0.6) is 5.75 Å². The summed E-state index contributed by atoms with van der Waals surface area (Å²) in [5, 5.41) is 13.4. The van der Waals surface area contributed by atoms with Crippen molar-refractivity contribution >= 4 is 5.69 Å². The van der Waals surface area contributed by atoms with Crippen LogP contribution in [0.25, 0.3) is 11.1 Å². The van der Waals surface area contributed by atoms with E-state index in [1.807, 2.05) is 60.7 Å². The fourth-order valence-corrected chi connectivity index (χ4v) is 2.29. The van der Waals surface area contributed by atoms with E-state index in [1.54, 1.807) is 6.07 Å². The van der Waals surface area contributed by atoms with Crippen molar-refractivity contribution in [1.29, 1.82) is 0 Å². The van der Waals surface area contributed by atoms with E-state index in [4.69, 9.17) is 0 Å². The van der Waals surface area contributed by atoms with Crippen LogP contribution in [0.15, 0.2) is 78.9 Å². The van der Waals surface area contributed by atoms with Crippen molar-refractivity contribution in [3.05, 3.63) is 84.4 Å². The molecule has 2 heteroatoms. The van der Waals surface area contributed by atoms with Gasteiger partial charge in [0.05, 0.1) is 0 Å². The van der Waals surface area contributed by atoms with E-state index in [0.717, 1.165) is 23.4 Å². The molecule has 2 nitrogen and oxygen atoms in total. The number of rotatable bonds is 4. The van der Waals surface area contributed by atoms with Crippen molar-refractivity contribution in [2.24, 2.45) is 0 Å². The fourth-order valence-electron chi connectivity index (χ4n) is 2.29. The molecule has 21 heavy (non-hydrogen) atoms. The first kappa shape index (κ1) is 13.3. The van der Waals surface area contributed by atoms with Crippen LogP contribution in [-0.4, -0.2) is 5.11 Å². The molecule has 0 unspecified atom stereocenters. The molecule has 0 atom stereocenters. The van der Waals surface area contributed by atoms with Gasteiger partial charge in [0.1, 0.15) is 5.75 Å². The Morgan fingerprint density at radius 3 is 2.14 bits per heavy atom. The van der Waals surface area contributed by atoms with Crippen molar-refractivity contribution in [3.63, 3.8) is 0 Å². The molecule has 2 N–H and O–H groups in total. The average Bonchev–Trinajstić information content (AvgIpc) is 2.56. The summed E-state index contributed by atoms with van der Waals surface area (Å²) < 4.78 is 0. The van der Waals surface area contributed by atoms with Gasteiger partial charge in [0.2, 0.25) is 0 Å². The highest BCUT2D eigenvalue weighted by Gasteiger charge is 2.05. The van der Waals surface area contributed by atoms with E-state index >= 15 is 0 Å². The number of hydrogen-bond donors (Lipinski definition) is 2. The quantitative estimate of drug-likeness (QED) is 0.678. The smallest absolute Gasteiger partial charge is 0.123 e. The number of benzene rings is 3. The maximum absolute atomic E-state index is 10.0. The van der Waals surface area contributed by atoms with E-state index in [9.17, 15) is 5.11 Å². The van der Waals surface area contributed by atoms with Gasteiger partial charge in [-0.1, -0.05) is 60.7 Å². The number of phenols is 1. The molecule has 0 saturated carbocycles. The average molecular weight is 275 g/mol. The van der Waals surface area contributed by atoms with E-state index in [0.29, 0.717) is 5.75 Å². The van der Waals surface area contributed by atoms with Crippen molar-refractivity contribution in [1.82, 2.24) is 0 Å². The lowest BCUT2D eigenvalue weighted by Gasteiger charge is -2.10. The van der Waals surface area contributed by atoms with Crippen LogP contribution in [0.4, 0.5) is 5.69 Å². The van der Waals surface area contributed by atoms with Gasteiger partial charge in [-0.15, -0.1) is 0 Å². The molecule has 0 bridgehead atoms. The number of aromatic hydroxyl groups is 1. The third kappa shape index (κ3) is 3.23. The SMILES string of the molecule is Oc1ccc(NCc2ccccc2)cc1-c1ccccc1. The Kier molecular flexibility index (Phi) is 3.88. The van der Waals surface area contributed by atoms with E-state index in [-0.39, 0.29) is 0 Å². The first-order chi connectivity index (χ1) is 10.3. The minimum atomic E-state index is 0.298. The van der Waals surface area contributed by atoms with Gasteiger partial charge in [-0.25, -0.2) is 0 Å². The van der Waals surface area contributed by atoms with Gasteiger partial charge in [-0.2, -0.15) is 0 Å². The Morgan fingerprint density at radius 2 is 1.43 bits per heavy atom. The van der Waals surface area contributed by atoms with Crippen LogP contribution < -0.4 is 5.32 Å². The predicted octanol–water partition coefficient (Wildman–Crippen LogP) is 4.67. The van der Waals surface area contributed by atoms with Crippen molar-refractivity contribution in [2.75, 3.05) is 5.32 Å². The zero-order valence-electron chi connectivity index (χ0n) is 11.7. The third-order valence-electron chi connectivity index (χ3n) is 3.42. The van der Waals surface area contributed by atoms with Crippen molar-refractivity contribution in [2.45, 2.75) is 6.54 Å². The molecule has 0 radical (unpaired) electrons. The van der Waals surface area contributed by atoms with Gasteiger partial charge in [0.15, 0.2) is 0 Å². The summed E-state index contributed by atoms with van der Waals surface area (Å²) >= 11 is 0. The lowest BCUT2D eigenvalue weighted by Crippen LogP contribution is -1.99. The molecule has 3 rings (SSSR count). The van der Waals surface area contributed by atoms with Gasteiger partial charge < -0.3 is 10.4 Å². The molecule has 0 amide bonds. The molecule has 0 heterocycles. The molecule has 3 aromatic rings. The molecular weight excluding hydrogens is 258 g/mol. The summed E-state index contributed by atoms with van der Waals surface area (Å²) in [6, 6.07) is 25.8. The lowest BCUT2D eigenvalue weighted by atomic mass is 10.0. The summed E-state index contributed by atoms with van der Waals surface area (Å²) in [5.74, 6) is 0.298. The van der Waals surface area contributed by atoms with Crippen LogP contribution in [0.3, 0.4) is 0 Å². The van der Waals surface area contributed by atoms with Crippen LogP contribution in [0, 0.1) is 0 Å². The van der Waals surface area contributed by atoms with Crippen molar-refractivity contribution < 1.29 is 5.11 Å². The molecule has 0 aliphatic heterocycles. The molecule has 0 aromatic heterocycles. The highest BCUT2D eigenvalue weighted by atomic mass is 16.3. The summed E-state index contributed by atoms with van der Waals surface area (Å²) in [6.07, 6.45) is 0. The first-order valence-corrected chi connectivity index (χ1v) is 6.99. The second-order valence-electron chi connectivity index (χ2n) is 4.94. The normalized spacial score (nSPS) is 10.3. The van der Waals surface area contributed by atoms with E-state index < -0.39 is 0 Å². The van der Waals surface area contributed by atoms with Gasteiger partial charge >= 0.3 is 0 Å².